The lowest BCUT2D eigenvalue weighted by atomic mass is 10.1. The van der Waals surface area contributed by atoms with Crippen LogP contribution in [0.5, 0.6) is 5.75 Å². The van der Waals surface area contributed by atoms with E-state index in [1.165, 1.54) is 18.2 Å². The second-order valence-electron chi connectivity index (χ2n) is 4.41. The van der Waals surface area contributed by atoms with Gasteiger partial charge in [-0.25, -0.2) is 0 Å². The van der Waals surface area contributed by atoms with Gasteiger partial charge in [-0.15, -0.1) is 0 Å². The summed E-state index contributed by atoms with van der Waals surface area (Å²) in [4.78, 5) is 35.4. The van der Waals surface area contributed by atoms with Crippen LogP contribution in [-0.4, -0.2) is 21.5 Å². The fourth-order valence-corrected chi connectivity index (χ4v) is 2.36. The van der Waals surface area contributed by atoms with Gasteiger partial charge in [-0.05, 0) is 18.2 Å². The molecule has 3 rings (SSSR count). The number of nitrogens with one attached hydrogen (secondary N) is 1. The van der Waals surface area contributed by atoms with Crippen molar-refractivity contribution in [1.82, 2.24) is 9.88 Å². The van der Waals surface area contributed by atoms with Crippen molar-refractivity contribution >= 4 is 29.2 Å². The Kier molecular flexibility index (Phi) is 2.74. The Morgan fingerprint density at radius 3 is 2.52 bits per heavy atom. The van der Waals surface area contributed by atoms with Gasteiger partial charge in [-0.3, -0.25) is 24.3 Å². The Bertz CT molecular complexity index is 872. The van der Waals surface area contributed by atoms with E-state index in [1.807, 2.05) is 0 Å². The fraction of sp³-hybridized carbons (Fsp3) is 0. The van der Waals surface area contributed by atoms with Crippen LogP contribution in [0.25, 0.3) is 5.69 Å². The van der Waals surface area contributed by atoms with Crippen LogP contribution >= 0.6 is 11.6 Å². The van der Waals surface area contributed by atoms with Crippen molar-refractivity contribution < 1.29 is 14.7 Å². The van der Waals surface area contributed by atoms with Gasteiger partial charge in [0.05, 0.1) is 21.8 Å². The van der Waals surface area contributed by atoms with Gasteiger partial charge < -0.3 is 10.8 Å². The third-order valence-corrected chi connectivity index (χ3v) is 3.45. The van der Waals surface area contributed by atoms with Gasteiger partial charge in [0.1, 0.15) is 11.6 Å². The maximum Gasteiger partial charge on any atom is 0.262 e. The van der Waals surface area contributed by atoms with E-state index in [-0.39, 0.29) is 33.4 Å². The highest BCUT2D eigenvalue weighted by molar-refractivity contribution is 6.32. The van der Waals surface area contributed by atoms with Crippen LogP contribution < -0.4 is 16.6 Å². The summed E-state index contributed by atoms with van der Waals surface area (Å²) in [5.74, 6) is -1.63. The lowest BCUT2D eigenvalue weighted by Crippen LogP contribution is -2.24. The number of pyridine rings is 1. The number of phenolic OH excluding ortho intramolecular Hbond substituents is 1. The van der Waals surface area contributed by atoms with Crippen molar-refractivity contribution in [3.05, 3.63) is 50.8 Å². The van der Waals surface area contributed by atoms with Crippen LogP contribution in [0.2, 0.25) is 5.02 Å². The highest BCUT2D eigenvalue weighted by Crippen LogP contribution is 2.28. The molecule has 0 unspecified atom stereocenters. The zero-order chi connectivity index (χ0) is 15.3. The lowest BCUT2D eigenvalue weighted by molar-refractivity contribution is 0.0880. The summed E-state index contributed by atoms with van der Waals surface area (Å²) >= 11 is 5.80. The van der Waals surface area contributed by atoms with Crippen LogP contribution in [-0.2, 0) is 0 Å². The molecule has 0 spiro atoms. The standard InChI is InChI=1S/C13H8ClN3O4/c14-7-3-5(1-2-8(7)18)17-9(19)4-6-10(11(17)15)13(21)16-12(6)20/h1-4,18H,15H2,(H,16,20,21). The predicted molar refractivity (Wildman–Crippen MR) is 74.9 cm³/mol. The minimum atomic E-state index is -0.661. The van der Waals surface area contributed by atoms with Gasteiger partial charge in [0.2, 0.25) is 0 Å². The monoisotopic (exact) mass is 305 g/mol. The van der Waals surface area contributed by atoms with E-state index in [2.05, 4.69) is 5.32 Å². The fourth-order valence-electron chi connectivity index (χ4n) is 2.18. The number of carbonyl (C=O) groups excluding carboxylic acids is 2. The Morgan fingerprint density at radius 2 is 1.86 bits per heavy atom. The highest BCUT2D eigenvalue weighted by Gasteiger charge is 2.31. The zero-order valence-corrected chi connectivity index (χ0v) is 11.1. The van der Waals surface area contributed by atoms with Crippen LogP contribution in [0.15, 0.2) is 29.1 Å². The number of nitrogen functional groups attached to an aromatic ring is 1. The molecule has 1 aliphatic heterocycles. The molecule has 106 valence electrons. The van der Waals surface area contributed by atoms with E-state index in [0.29, 0.717) is 0 Å². The molecule has 0 aliphatic carbocycles. The largest absolute Gasteiger partial charge is 0.506 e. The number of anilines is 1. The Hall–Kier alpha value is -2.80. The lowest BCUT2D eigenvalue weighted by Gasteiger charge is -2.12. The molecule has 8 heteroatoms. The quantitative estimate of drug-likeness (QED) is 0.670. The molecule has 0 bridgehead atoms. The third kappa shape index (κ3) is 1.86. The number of halogens is 1. The van der Waals surface area contributed by atoms with Crippen LogP contribution in [0.3, 0.4) is 0 Å². The Morgan fingerprint density at radius 1 is 1.14 bits per heavy atom. The topological polar surface area (TPSA) is 114 Å². The molecule has 0 radical (unpaired) electrons. The number of carbonyl (C=O) groups is 2. The number of hydrogen-bond acceptors (Lipinski definition) is 5. The number of nitrogens with two attached hydrogens (primary N) is 1. The molecule has 2 aromatic rings. The highest BCUT2D eigenvalue weighted by atomic mass is 35.5. The van der Waals surface area contributed by atoms with E-state index >= 15 is 0 Å². The molecule has 1 aliphatic rings. The summed E-state index contributed by atoms with van der Waals surface area (Å²) in [7, 11) is 0. The number of aromatic hydroxyl groups is 1. The maximum absolute atomic E-state index is 12.1. The number of amides is 2. The van der Waals surface area contributed by atoms with E-state index in [9.17, 15) is 19.5 Å². The normalized spacial score (nSPS) is 13.2. The predicted octanol–water partition coefficient (Wildman–Crippen LogP) is 0.662. The molecular weight excluding hydrogens is 298 g/mol. The molecule has 0 atom stereocenters. The van der Waals surface area contributed by atoms with Crippen molar-refractivity contribution in [1.29, 1.82) is 0 Å². The van der Waals surface area contributed by atoms with Crippen molar-refractivity contribution in [2.75, 3.05) is 5.73 Å². The molecule has 2 heterocycles. The summed E-state index contributed by atoms with van der Waals surface area (Å²) in [5, 5.41) is 11.5. The summed E-state index contributed by atoms with van der Waals surface area (Å²) in [6.45, 7) is 0. The Balaban J connectivity index is 2.32. The third-order valence-electron chi connectivity index (χ3n) is 3.14. The van der Waals surface area contributed by atoms with Gasteiger partial charge in [0, 0.05) is 6.07 Å². The number of hydrogen-bond donors (Lipinski definition) is 3. The maximum atomic E-state index is 12.1. The average molecular weight is 306 g/mol. The van der Waals surface area contributed by atoms with Crippen LogP contribution in [0.4, 0.5) is 5.82 Å². The SMILES string of the molecule is Nc1c2c(cc(=O)n1-c1ccc(O)c(Cl)c1)C(=O)NC2=O. The molecule has 21 heavy (non-hydrogen) atoms. The van der Waals surface area contributed by atoms with E-state index < -0.39 is 17.4 Å². The van der Waals surface area contributed by atoms with Gasteiger partial charge in [0.15, 0.2) is 0 Å². The first-order chi connectivity index (χ1) is 9.90. The number of phenols is 1. The zero-order valence-electron chi connectivity index (χ0n) is 10.4. The molecular formula is C13H8ClN3O4. The van der Waals surface area contributed by atoms with Crippen molar-refractivity contribution in [2.24, 2.45) is 0 Å². The van der Waals surface area contributed by atoms with Crippen LogP contribution in [0, 0.1) is 0 Å². The van der Waals surface area contributed by atoms with Gasteiger partial charge >= 0.3 is 0 Å². The van der Waals surface area contributed by atoms with Gasteiger partial charge in [-0.1, -0.05) is 11.6 Å². The first-order valence-electron chi connectivity index (χ1n) is 5.80. The molecule has 0 saturated carbocycles. The molecule has 1 aromatic carbocycles. The van der Waals surface area contributed by atoms with E-state index in [0.717, 1.165) is 10.6 Å². The van der Waals surface area contributed by atoms with Gasteiger partial charge in [-0.2, -0.15) is 0 Å². The second kappa shape index (κ2) is 4.35. The Labute approximate surface area is 122 Å². The molecule has 0 fully saturated rings. The first kappa shape index (κ1) is 13.2. The van der Waals surface area contributed by atoms with E-state index in [4.69, 9.17) is 17.3 Å². The van der Waals surface area contributed by atoms with Crippen molar-refractivity contribution in [2.45, 2.75) is 0 Å². The molecule has 4 N–H and O–H groups in total. The number of aromatic nitrogens is 1. The first-order valence-corrected chi connectivity index (χ1v) is 6.18. The number of rotatable bonds is 1. The number of fused-ring (bicyclic) bond motifs is 1. The number of imide groups is 1. The number of benzene rings is 1. The molecule has 1 aromatic heterocycles. The van der Waals surface area contributed by atoms with E-state index in [1.54, 1.807) is 0 Å². The molecule has 0 saturated heterocycles. The van der Waals surface area contributed by atoms with Gasteiger partial charge in [0.25, 0.3) is 17.4 Å². The van der Waals surface area contributed by atoms with Crippen molar-refractivity contribution in [3.8, 4) is 11.4 Å². The minimum Gasteiger partial charge on any atom is -0.506 e. The summed E-state index contributed by atoms with van der Waals surface area (Å²) < 4.78 is 1.04. The van der Waals surface area contributed by atoms with Crippen molar-refractivity contribution in [3.63, 3.8) is 0 Å². The van der Waals surface area contributed by atoms with Crippen LogP contribution in [0.1, 0.15) is 20.7 Å². The molecule has 2 amide bonds. The second-order valence-corrected chi connectivity index (χ2v) is 4.82. The summed E-state index contributed by atoms with van der Waals surface area (Å²) in [5.41, 5.74) is 5.44. The smallest absolute Gasteiger partial charge is 0.262 e. The summed E-state index contributed by atoms with van der Waals surface area (Å²) in [6, 6.07) is 5.07. The minimum absolute atomic E-state index is 0.0276. The number of nitrogens with zero attached hydrogens (tertiary/aromatic N) is 1. The summed E-state index contributed by atoms with van der Waals surface area (Å²) in [6.07, 6.45) is 0. The average Bonchev–Trinajstić information content (AvgIpc) is 2.69. The molecule has 7 nitrogen and oxygen atoms in total.